The third-order valence-corrected chi connectivity index (χ3v) is 5.25. The number of alkyl halides is 1. The molecule has 0 N–H and O–H groups in total. The van der Waals surface area contributed by atoms with Crippen LogP contribution in [0.1, 0.15) is 25.7 Å². The van der Waals surface area contributed by atoms with Gasteiger partial charge in [-0.1, -0.05) is 46.1 Å². The molecule has 19 heavy (non-hydrogen) atoms. The zero-order valence-corrected chi connectivity index (χ0v) is 12.3. The van der Waals surface area contributed by atoms with Crippen molar-refractivity contribution in [3.8, 4) is 0 Å². The van der Waals surface area contributed by atoms with Crippen LogP contribution in [0.4, 0.5) is 0 Å². The summed E-state index contributed by atoms with van der Waals surface area (Å²) in [4.78, 5) is 12.4. The smallest absolute Gasteiger partial charge is 0.267 e. The molecule has 1 saturated carbocycles. The van der Waals surface area contributed by atoms with Crippen molar-refractivity contribution in [2.75, 3.05) is 5.33 Å². The van der Waals surface area contributed by atoms with Crippen LogP contribution in [0.5, 0.6) is 0 Å². The molecule has 3 rings (SSSR count). The molecule has 0 spiro atoms. The van der Waals surface area contributed by atoms with Crippen LogP contribution in [0.15, 0.2) is 29.1 Å². The summed E-state index contributed by atoms with van der Waals surface area (Å²) in [6, 6.07) is 7.38. The van der Waals surface area contributed by atoms with Gasteiger partial charge in [0.25, 0.3) is 5.56 Å². The molecule has 1 aliphatic rings. The summed E-state index contributed by atoms with van der Waals surface area (Å²) >= 11 is 3.60. The Balaban J connectivity index is 2.01. The Morgan fingerprint density at radius 3 is 2.74 bits per heavy atom. The van der Waals surface area contributed by atoms with Crippen LogP contribution in [0.2, 0.25) is 0 Å². The fraction of sp³-hybridized carbons (Fsp3) is 0.500. The molecule has 0 bridgehead atoms. The maximum atomic E-state index is 12.4. The van der Waals surface area contributed by atoms with E-state index in [2.05, 4.69) is 26.2 Å². The van der Waals surface area contributed by atoms with E-state index in [1.54, 1.807) is 0 Å². The summed E-state index contributed by atoms with van der Waals surface area (Å²) in [5, 5.41) is 9.81. The number of halogens is 1. The Bertz CT molecular complexity index is 646. The van der Waals surface area contributed by atoms with Crippen LogP contribution in [-0.2, 0) is 6.54 Å². The molecule has 2 aromatic rings. The number of fused-ring (bicyclic) bond motifs is 1. The van der Waals surface area contributed by atoms with E-state index in [-0.39, 0.29) is 11.0 Å². The van der Waals surface area contributed by atoms with Crippen LogP contribution in [0, 0.1) is 5.41 Å². The SMILES string of the molecule is O=c1c2ccccc2nnn1CC1(CBr)CCCC1. The van der Waals surface area contributed by atoms with E-state index in [0.29, 0.717) is 17.4 Å². The van der Waals surface area contributed by atoms with Gasteiger partial charge < -0.3 is 0 Å². The molecule has 5 heteroatoms. The average molecular weight is 322 g/mol. The molecule has 0 saturated heterocycles. The van der Waals surface area contributed by atoms with Crippen LogP contribution >= 0.6 is 15.9 Å². The predicted octanol–water partition coefficient (Wildman–Crippen LogP) is 2.75. The molecule has 0 atom stereocenters. The maximum Gasteiger partial charge on any atom is 0.277 e. The summed E-state index contributed by atoms with van der Waals surface area (Å²) in [6.45, 7) is 0.662. The molecule has 4 nitrogen and oxygen atoms in total. The van der Waals surface area contributed by atoms with Crippen molar-refractivity contribution in [3.63, 3.8) is 0 Å². The number of hydrogen-bond donors (Lipinski definition) is 0. The summed E-state index contributed by atoms with van der Waals surface area (Å²) < 4.78 is 1.54. The summed E-state index contributed by atoms with van der Waals surface area (Å²) in [5.74, 6) is 0. The van der Waals surface area contributed by atoms with Crippen LogP contribution in [-0.4, -0.2) is 20.3 Å². The standard InChI is InChI=1S/C14H16BrN3O/c15-9-14(7-3-4-8-14)10-18-13(19)11-5-1-2-6-12(11)16-17-18/h1-2,5-6H,3-4,7-10H2. The first kappa shape index (κ1) is 12.8. The number of hydrogen-bond acceptors (Lipinski definition) is 3. The van der Waals surface area contributed by atoms with Gasteiger partial charge in [-0.3, -0.25) is 4.79 Å². The van der Waals surface area contributed by atoms with Crippen molar-refractivity contribution in [2.45, 2.75) is 32.2 Å². The lowest BCUT2D eigenvalue weighted by Gasteiger charge is -2.26. The summed E-state index contributed by atoms with van der Waals surface area (Å²) in [7, 11) is 0. The van der Waals surface area contributed by atoms with Gasteiger partial charge in [-0.25, -0.2) is 4.68 Å². The Morgan fingerprint density at radius 1 is 1.26 bits per heavy atom. The highest BCUT2D eigenvalue weighted by molar-refractivity contribution is 9.09. The molecule has 0 radical (unpaired) electrons. The minimum Gasteiger partial charge on any atom is -0.267 e. The van der Waals surface area contributed by atoms with Gasteiger partial charge in [0.15, 0.2) is 0 Å². The molecule has 1 aromatic heterocycles. The van der Waals surface area contributed by atoms with Gasteiger partial charge in [0.1, 0.15) is 5.52 Å². The summed E-state index contributed by atoms with van der Waals surface area (Å²) in [6.07, 6.45) is 4.78. The fourth-order valence-corrected chi connectivity index (χ4v) is 3.64. The van der Waals surface area contributed by atoms with Crippen molar-refractivity contribution in [2.24, 2.45) is 5.41 Å². The van der Waals surface area contributed by atoms with Crippen LogP contribution in [0.3, 0.4) is 0 Å². The van der Waals surface area contributed by atoms with Gasteiger partial charge >= 0.3 is 0 Å². The van der Waals surface area contributed by atoms with Gasteiger partial charge in [0, 0.05) is 5.33 Å². The molecular formula is C14H16BrN3O. The Kier molecular flexibility index (Phi) is 3.39. The molecule has 0 aliphatic heterocycles. The second-order valence-corrected chi connectivity index (χ2v) is 5.97. The molecule has 1 aliphatic carbocycles. The molecular weight excluding hydrogens is 306 g/mol. The zero-order valence-electron chi connectivity index (χ0n) is 10.7. The van der Waals surface area contributed by atoms with E-state index in [9.17, 15) is 4.79 Å². The van der Waals surface area contributed by atoms with E-state index < -0.39 is 0 Å². The minimum atomic E-state index is -0.0298. The zero-order chi connectivity index (χ0) is 13.3. The molecule has 1 heterocycles. The van der Waals surface area contributed by atoms with Gasteiger partial charge in [-0.05, 0) is 30.4 Å². The number of nitrogens with zero attached hydrogens (tertiary/aromatic N) is 3. The number of aromatic nitrogens is 3. The van der Waals surface area contributed by atoms with Crippen molar-refractivity contribution in [3.05, 3.63) is 34.6 Å². The highest BCUT2D eigenvalue weighted by Crippen LogP contribution is 2.40. The largest absolute Gasteiger partial charge is 0.277 e. The number of benzene rings is 1. The fourth-order valence-electron chi connectivity index (χ4n) is 2.90. The first-order valence-corrected chi connectivity index (χ1v) is 7.75. The molecule has 0 unspecified atom stereocenters. The topological polar surface area (TPSA) is 47.8 Å². The lowest BCUT2D eigenvalue weighted by atomic mass is 9.89. The van der Waals surface area contributed by atoms with E-state index in [1.165, 1.54) is 17.5 Å². The Hall–Kier alpha value is -1.23. The second kappa shape index (κ2) is 5.04. The van der Waals surface area contributed by atoms with Crippen molar-refractivity contribution in [1.29, 1.82) is 0 Å². The van der Waals surface area contributed by atoms with Crippen molar-refractivity contribution in [1.82, 2.24) is 15.0 Å². The maximum absolute atomic E-state index is 12.4. The van der Waals surface area contributed by atoms with Gasteiger partial charge in [-0.2, -0.15) is 0 Å². The van der Waals surface area contributed by atoms with Gasteiger partial charge in [-0.15, -0.1) is 5.10 Å². The minimum absolute atomic E-state index is 0.0298. The Labute approximate surface area is 119 Å². The molecule has 0 amide bonds. The predicted molar refractivity (Wildman–Crippen MR) is 78.5 cm³/mol. The van der Waals surface area contributed by atoms with Crippen molar-refractivity contribution < 1.29 is 0 Å². The van der Waals surface area contributed by atoms with Crippen LogP contribution < -0.4 is 5.56 Å². The molecule has 1 fully saturated rings. The second-order valence-electron chi connectivity index (χ2n) is 5.41. The number of rotatable bonds is 3. The molecule has 100 valence electrons. The van der Waals surface area contributed by atoms with Gasteiger partial charge in [0.2, 0.25) is 0 Å². The van der Waals surface area contributed by atoms with Crippen molar-refractivity contribution >= 4 is 26.8 Å². The van der Waals surface area contributed by atoms with E-state index in [4.69, 9.17) is 0 Å². The lowest BCUT2D eigenvalue weighted by Crippen LogP contribution is -2.34. The van der Waals surface area contributed by atoms with E-state index in [0.717, 1.165) is 18.2 Å². The van der Waals surface area contributed by atoms with Gasteiger partial charge in [0.05, 0.1) is 11.9 Å². The highest BCUT2D eigenvalue weighted by Gasteiger charge is 2.34. The third-order valence-electron chi connectivity index (χ3n) is 4.06. The first-order chi connectivity index (χ1) is 9.24. The normalized spacial score (nSPS) is 17.9. The average Bonchev–Trinajstić information content (AvgIpc) is 2.92. The summed E-state index contributed by atoms with van der Waals surface area (Å²) in [5.41, 5.74) is 0.807. The van der Waals surface area contributed by atoms with E-state index in [1.807, 2.05) is 24.3 Å². The van der Waals surface area contributed by atoms with E-state index >= 15 is 0 Å². The lowest BCUT2D eigenvalue weighted by molar-refractivity contribution is 0.267. The highest BCUT2D eigenvalue weighted by atomic mass is 79.9. The quantitative estimate of drug-likeness (QED) is 0.817. The monoisotopic (exact) mass is 321 g/mol. The Morgan fingerprint density at radius 2 is 2.00 bits per heavy atom. The molecule has 1 aromatic carbocycles. The van der Waals surface area contributed by atoms with Crippen LogP contribution in [0.25, 0.3) is 10.9 Å². The first-order valence-electron chi connectivity index (χ1n) is 6.63. The third kappa shape index (κ3) is 2.31.